The highest BCUT2D eigenvalue weighted by Crippen LogP contribution is 2.28. The van der Waals surface area contributed by atoms with Crippen molar-refractivity contribution >= 4 is 0 Å². The Hall–Kier alpha value is -0.850. The van der Waals surface area contributed by atoms with Crippen LogP contribution in [0, 0.1) is 6.92 Å². The second kappa shape index (κ2) is 4.34. The first-order valence-corrected chi connectivity index (χ1v) is 6.28. The van der Waals surface area contributed by atoms with Crippen LogP contribution in [0.1, 0.15) is 54.8 Å². The lowest BCUT2D eigenvalue weighted by atomic mass is 9.85. The van der Waals surface area contributed by atoms with Crippen LogP contribution in [0.2, 0.25) is 0 Å². The van der Waals surface area contributed by atoms with Crippen molar-refractivity contribution < 1.29 is 0 Å². The summed E-state index contributed by atoms with van der Waals surface area (Å²) < 4.78 is 0. The second-order valence-corrected chi connectivity index (χ2v) is 4.49. The molecular formula is C14H21N. The van der Waals surface area contributed by atoms with E-state index in [0.717, 1.165) is 12.8 Å². The van der Waals surface area contributed by atoms with Gasteiger partial charge in [0.05, 0.1) is 0 Å². The average molecular weight is 203 g/mol. The highest BCUT2D eigenvalue weighted by Gasteiger charge is 2.18. The van der Waals surface area contributed by atoms with E-state index in [1.807, 2.05) is 0 Å². The number of fused-ring (bicyclic) bond motifs is 1. The molecule has 1 aliphatic rings. The monoisotopic (exact) mass is 203 g/mol. The van der Waals surface area contributed by atoms with E-state index in [-0.39, 0.29) is 0 Å². The minimum absolute atomic E-state index is 1.09. The van der Waals surface area contributed by atoms with Crippen molar-refractivity contribution in [1.82, 2.24) is 4.98 Å². The van der Waals surface area contributed by atoms with Crippen LogP contribution in [0.15, 0.2) is 0 Å². The maximum absolute atomic E-state index is 4.78. The summed E-state index contributed by atoms with van der Waals surface area (Å²) >= 11 is 0. The van der Waals surface area contributed by atoms with Crippen molar-refractivity contribution in [3.05, 3.63) is 28.1 Å². The molecule has 1 heteroatoms. The Morgan fingerprint density at radius 3 is 2.27 bits per heavy atom. The summed E-state index contributed by atoms with van der Waals surface area (Å²) in [5, 5.41) is 0. The zero-order valence-corrected chi connectivity index (χ0v) is 10.2. The first-order chi connectivity index (χ1) is 7.27. The fraction of sp³-hybridized carbons (Fsp3) is 0.643. The van der Waals surface area contributed by atoms with E-state index in [2.05, 4.69) is 20.8 Å². The molecule has 0 aromatic carbocycles. The van der Waals surface area contributed by atoms with Crippen LogP contribution in [0.3, 0.4) is 0 Å². The van der Waals surface area contributed by atoms with E-state index in [1.165, 1.54) is 42.6 Å². The Morgan fingerprint density at radius 1 is 1.00 bits per heavy atom. The first kappa shape index (κ1) is 10.7. The molecule has 15 heavy (non-hydrogen) atoms. The van der Waals surface area contributed by atoms with Crippen LogP contribution >= 0.6 is 0 Å². The van der Waals surface area contributed by atoms with Crippen LogP contribution in [-0.4, -0.2) is 4.98 Å². The van der Waals surface area contributed by atoms with Gasteiger partial charge >= 0.3 is 0 Å². The van der Waals surface area contributed by atoms with Crippen LogP contribution in [0.25, 0.3) is 0 Å². The van der Waals surface area contributed by atoms with Gasteiger partial charge in [0.15, 0.2) is 0 Å². The molecule has 0 saturated heterocycles. The smallest absolute Gasteiger partial charge is 0.0438 e. The summed E-state index contributed by atoms with van der Waals surface area (Å²) in [6.07, 6.45) is 7.51. The molecule has 0 aliphatic heterocycles. The average Bonchev–Trinajstić information content (AvgIpc) is 2.28. The van der Waals surface area contributed by atoms with Gasteiger partial charge in [-0.1, -0.05) is 13.8 Å². The fourth-order valence-electron chi connectivity index (χ4n) is 2.87. The maximum atomic E-state index is 4.78. The molecular weight excluding hydrogens is 182 g/mol. The molecule has 1 nitrogen and oxygen atoms in total. The lowest BCUT2D eigenvalue weighted by Crippen LogP contribution is -2.13. The molecule has 82 valence electrons. The number of hydrogen-bond donors (Lipinski definition) is 0. The highest BCUT2D eigenvalue weighted by molar-refractivity contribution is 5.42. The summed E-state index contributed by atoms with van der Waals surface area (Å²) in [6, 6.07) is 0. The van der Waals surface area contributed by atoms with Crippen molar-refractivity contribution in [2.24, 2.45) is 0 Å². The summed E-state index contributed by atoms with van der Waals surface area (Å²) in [5.74, 6) is 0. The lowest BCUT2D eigenvalue weighted by Gasteiger charge is -2.23. The van der Waals surface area contributed by atoms with Gasteiger partial charge in [-0.25, -0.2) is 0 Å². The van der Waals surface area contributed by atoms with Gasteiger partial charge < -0.3 is 0 Å². The molecule has 0 radical (unpaired) electrons. The van der Waals surface area contributed by atoms with E-state index in [0.29, 0.717) is 0 Å². The molecule has 1 aliphatic carbocycles. The fourth-order valence-corrected chi connectivity index (χ4v) is 2.87. The Bertz CT molecular complexity index is 366. The van der Waals surface area contributed by atoms with Gasteiger partial charge in [0, 0.05) is 11.4 Å². The number of pyridine rings is 1. The van der Waals surface area contributed by atoms with Crippen molar-refractivity contribution in [3.8, 4) is 0 Å². The minimum Gasteiger partial charge on any atom is -0.258 e. The third-order valence-corrected chi connectivity index (χ3v) is 3.61. The van der Waals surface area contributed by atoms with Crippen molar-refractivity contribution in [3.63, 3.8) is 0 Å². The summed E-state index contributed by atoms with van der Waals surface area (Å²) in [5.41, 5.74) is 7.40. The molecule has 0 amide bonds. The largest absolute Gasteiger partial charge is 0.258 e. The normalized spacial score (nSPS) is 15.1. The standard InChI is InChI=1S/C14H21N/c1-4-11-10(3)15-14(5-2)13-9-7-6-8-12(11)13/h4-9H2,1-3H3. The quantitative estimate of drug-likeness (QED) is 0.718. The zero-order chi connectivity index (χ0) is 10.8. The van der Waals surface area contributed by atoms with Gasteiger partial charge in [-0.15, -0.1) is 0 Å². The Morgan fingerprint density at radius 2 is 1.67 bits per heavy atom. The molecule has 0 fully saturated rings. The number of rotatable bonds is 2. The number of hydrogen-bond acceptors (Lipinski definition) is 1. The van der Waals surface area contributed by atoms with Gasteiger partial charge in [0.25, 0.3) is 0 Å². The van der Waals surface area contributed by atoms with E-state index in [1.54, 1.807) is 11.1 Å². The van der Waals surface area contributed by atoms with Crippen molar-refractivity contribution in [2.75, 3.05) is 0 Å². The predicted octanol–water partition coefficient (Wildman–Crippen LogP) is 3.39. The molecule has 1 aromatic rings. The van der Waals surface area contributed by atoms with Crippen LogP contribution in [0.5, 0.6) is 0 Å². The minimum atomic E-state index is 1.09. The molecule has 0 unspecified atom stereocenters. The number of nitrogens with zero attached hydrogens (tertiary/aromatic N) is 1. The van der Waals surface area contributed by atoms with Gasteiger partial charge in [0.1, 0.15) is 0 Å². The van der Waals surface area contributed by atoms with Gasteiger partial charge in [0.2, 0.25) is 0 Å². The van der Waals surface area contributed by atoms with E-state index in [4.69, 9.17) is 4.98 Å². The number of aromatic nitrogens is 1. The summed E-state index contributed by atoms with van der Waals surface area (Å²) in [4.78, 5) is 4.78. The second-order valence-electron chi connectivity index (χ2n) is 4.49. The molecule has 1 heterocycles. The highest BCUT2D eigenvalue weighted by atomic mass is 14.7. The van der Waals surface area contributed by atoms with E-state index < -0.39 is 0 Å². The van der Waals surface area contributed by atoms with Crippen molar-refractivity contribution in [2.45, 2.75) is 59.3 Å². The predicted molar refractivity (Wildman–Crippen MR) is 64.4 cm³/mol. The SMILES string of the molecule is CCc1nc(C)c(CC)c2c1CCCC2. The molecule has 0 atom stereocenters. The molecule has 0 N–H and O–H groups in total. The maximum Gasteiger partial charge on any atom is 0.0438 e. The third kappa shape index (κ3) is 1.80. The first-order valence-electron chi connectivity index (χ1n) is 6.28. The Balaban J connectivity index is 2.60. The Labute approximate surface area is 92.9 Å². The zero-order valence-electron chi connectivity index (χ0n) is 10.2. The van der Waals surface area contributed by atoms with E-state index >= 15 is 0 Å². The lowest BCUT2D eigenvalue weighted by molar-refractivity contribution is 0.662. The van der Waals surface area contributed by atoms with Gasteiger partial charge in [-0.05, 0) is 62.1 Å². The summed E-state index contributed by atoms with van der Waals surface area (Å²) in [7, 11) is 0. The van der Waals surface area contributed by atoms with Gasteiger partial charge in [-0.2, -0.15) is 0 Å². The topological polar surface area (TPSA) is 12.9 Å². The van der Waals surface area contributed by atoms with Crippen LogP contribution in [0.4, 0.5) is 0 Å². The van der Waals surface area contributed by atoms with Crippen molar-refractivity contribution in [1.29, 1.82) is 0 Å². The van der Waals surface area contributed by atoms with Gasteiger partial charge in [-0.3, -0.25) is 4.98 Å². The summed E-state index contributed by atoms with van der Waals surface area (Å²) in [6.45, 7) is 6.65. The number of aryl methyl sites for hydroxylation is 2. The Kier molecular flexibility index (Phi) is 3.08. The van der Waals surface area contributed by atoms with Crippen LogP contribution in [-0.2, 0) is 25.7 Å². The molecule has 1 aromatic heterocycles. The van der Waals surface area contributed by atoms with Crippen LogP contribution < -0.4 is 0 Å². The third-order valence-electron chi connectivity index (χ3n) is 3.61. The molecule has 0 bridgehead atoms. The molecule has 0 spiro atoms. The van der Waals surface area contributed by atoms with E-state index in [9.17, 15) is 0 Å². The molecule has 2 rings (SSSR count). The molecule has 0 saturated carbocycles.